The van der Waals surface area contributed by atoms with Crippen LogP contribution in [0.25, 0.3) is 6.08 Å². The molecule has 0 unspecified atom stereocenters. The molecular weight excluding hydrogens is 210 g/mol. The Morgan fingerprint density at radius 2 is 2.60 bits per heavy atom. The van der Waals surface area contributed by atoms with E-state index in [4.69, 9.17) is 0 Å². The maximum absolute atomic E-state index is 4.12. The number of halogens is 1. The molecule has 0 spiro atoms. The van der Waals surface area contributed by atoms with Crippen LogP contribution in [0.15, 0.2) is 12.3 Å². The van der Waals surface area contributed by atoms with Crippen molar-refractivity contribution in [1.29, 1.82) is 0 Å². The van der Waals surface area contributed by atoms with Gasteiger partial charge in [-0.3, -0.25) is 0 Å². The SMILES string of the molecule is Cc1ncc(C=CCBr)s1. The van der Waals surface area contributed by atoms with Gasteiger partial charge in [-0.05, 0) is 13.0 Å². The highest BCUT2D eigenvalue weighted by Gasteiger charge is 1.90. The molecule has 0 amide bonds. The van der Waals surface area contributed by atoms with Gasteiger partial charge in [-0.25, -0.2) is 4.98 Å². The molecule has 1 aromatic rings. The van der Waals surface area contributed by atoms with E-state index in [1.54, 1.807) is 11.3 Å². The van der Waals surface area contributed by atoms with E-state index < -0.39 is 0 Å². The van der Waals surface area contributed by atoms with Crippen molar-refractivity contribution in [2.24, 2.45) is 0 Å². The number of aryl methyl sites for hydroxylation is 1. The third-order valence-corrected chi connectivity index (χ3v) is 2.26. The van der Waals surface area contributed by atoms with Crippen molar-refractivity contribution >= 4 is 33.3 Å². The number of allylic oxidation sites excluding steroid dienone is 1. The first-order valence-corrected chi connectivity index (χ1v) is 4.91. The summed E-state index contributed by atoms with van der Waals surface area (Å²) in [5.74, 6) is 0. The van der Waals surface area contributed by atoms with E-state index in [0.29, 0.717) is 0 Å². The fourth-order valence-electron chi connectivity index (χ4n) is 0.616. The van der Waals surface area contributed by atoms with Crippen molar-refractivity contribution in [3.8, 4) is 0 Å². The van der Waals surface area contributed by atoms with Crippen molar-refractivity contribution in [3.63, 3.8) is 0 Å². The molecule has 1 heterocycles. The van der Waals surface area contributed by atoms with E-state index in [9.17, 15) is 0 Å². The average molecular weight is 218 g/mol. The Hall–Kier alpha value is -0.150. The topological polar surface area (TPSA) is 12.9 Å². The molecule has 0 saturated heterocycles. The number of nitrogens with zero attached hydrogens (tertiary/aromatic N) is 1. The van der Waals surface area contributed by atoms with Gasteiger partial charge in [0.15, 0.2) is 0 Å². The van der Waals surface area contributed by atoms with Crippen LogP contribution >= 0.6 is 27.3 Å². The average Bonchev–Trinajstić information content (AvgIpc) is 2.31. The summed E-state index contributed by atoms with van der Waals surface area (Å²) in [7, 11) is 0. The zero-order chi connectivity index (χ0) is 7.40. The van der Waals surface area contributed by atoms with E-state index in [2.05, 4.69) is 33.1 Å². The number of aromatic nitrogens is 1. The van der Waals surface area contributed by atoms with Gasteiger partial charge in [0, 0.05) is 16.4 Å². The number of hydrogen-bond acceptors (Lipinski definition) is 2. The van der Waals surface area contributed by atoms with E-state index in [1.807, 2.05) is 13.1 Å². The molecule has 0 saturated carbocycles. The Kier molecular flexibility index (Phi) is 3.09. The summed E-state index contributed by atoms with van der Waals surface area (Å²) in [4.78, 5) is 5.34. The molecule has 0 aliphatic heterocycles. The molecule has 0 aliphatic carbocycles. The molecule has 3 heteroatoms. The van der Waals surface area contributed by atoms with Crippen LogP contribution in [0.4, 0.5) is 0 Å². The monoisotopic (exact) mass is 217 g/mol. The fourth-order valence-corrected chi connectivity index (χ4v) is 1.52. The molecule has 1 rings (SSSR count). The smallest absolute Gasteiger partial charge is 0.0900 e. The molecule has 10 heavy (non-hydrogen) atoms. The minimum Gasteiger partial charge on any atom is -0.249 e. The van der Waals surface area contributed by atoms with Gasteiger partial charge in [0.05, 0.1) is 5.01 Å². The van der Waals surface area contributed by atoms with Crippen LogP contribution in [0, 0.1) is 6.92 Å². The van der Waals surface area contributed by atoms with E-state index in [1.165, 1.54) is 4.88 Å². The highest BCUT2D eigenvalue weighted by atomic mass is 79.9. The van der Waals surface area contributed by atoms with E-state index in [0.717, 1.165) is 10.3 Å². The number of hydrogen-bond donors (Lipinski definition) is 0. The Labute approximate surface area is 72.9 Å². The van der Waals surface area contributed by atoms with Crippen LogP contribution in [0.2, 0.25) is 0 Å². The minimum atomic E-state index is 0.907. The maximum atomic E-state index is 4.12. The van der Waals surface area contributed by atoms with Crippen LogP contribution in [0.3, 0.4) is 0 Å². The fraction of sp³-hybridized carbons (Fsp3) is 0.286. The Bertz CT molecular complexity index is 229. The summed E-state index contributed by atoms with van der Waals surface area (Å²) in [6.45, 7) is 2.01. The molecule has 0 aliphatic rings. The first kappa shape index (κ1) is 7.95. The molecule has 0 fully saturated rings. The van der Waals surface area contributed by atoms with Gasteiger partial charge in [0.25, 0.3) is 0 Å². The molecule has 54 valence electrons. The van der Waals surface area contributed by atoms with Gasteiger partial charge in [0.1, 0.15) is 0 Å². The lowest BCUT2D eigenvalue weighted by atomic mass is 10.5. The van der Waals surface area contributed by atoms with Crippen LogP contribution in [0.5, 0.6) is 0 Å². The molecule has 0 bridgehead atoms. The van der Waals surface area contributed by atoms with Gasteiger partial charge in [-0.15, -0.1) is 11.3 Å². The zero-order valence-electron chi connectivity index (χ0n) is 5.67. The predicted molar refractivity (Wildman–Crippen MR) is 49.7 cm³/mol. The quantitative estimate of drug-likeness (QED) is 0.695. The summed E-state index contributed by atoms with van der Waals surface area (Å²) < 4.78 is 0. The molecule has 0 N–H and O–H groups in total. The van der Waals surface area contributed by atoms with Crippen LogP contribution in [0.1, 0.15) is 9.88 Å². The van der Waals surface area contributed by atoms with Crippen LogP contribution in [-0.2, 0) is 0 Å². The van der Waals surface area contributed by atoms with Crippen molar-refractivity contribution in [3.05, 3.63) is 22.2 Å². The normalized spacial score (nSPS) is 11.0. The maximum Gasteiger partial charge on any atom is 0.0900 e. The molecule has 0 radical (unpaired) electrons. The van der Waals surface area contributed by atoms with Crippen LogP contribution in [-0.4, -0.2) is 10.3 Å². The predicted octanol–water partition coefficient (Wildman–Crippen LogP) is 2.86. The van der Waals surface area contributed by atoms with E-state index in [-0.39, 0.29) is 0 Å². The lowest BCUT2D eigenvalue weighted by molar-refractivity contribution is 1.30. The highest BCUT2D eigenvalue weighted by molar-refractivity contribution is 9.09. The van der Waals surface area contributed by atoms with Gasteiger partial charge in [0.2, 0.25) is 0 Å². The van der Waals surface area contributed by atoms with Gasteiger partial charge in [-0.2, -0.15) is 0 Å². The molecular formula is C7H8BrNS. The summed E-state index contributed by atoms with van der Waals surface area (Å²) in [5, 5.41) is 2.03. The lowest BCUT2D eigenvalue weighted by Crippen LogP contribution is -1.59. The Balaban J connectivity index is 2.67. The van der Waals surface area contributed by atoms with Crippen molar-refractivity contribution in [2.45, 2.75) is 6.92 Å². The van der Waals surface area contributed by atoms with Gasteiger partial charge in [-0.1, -0.05) is 22.0 Å². The largest absolute Gasteiger partial charge is 0.249 e. The van der Waals surface area contributed by atoms with Gasteiger partial charge < -0.3 is 0 Å². The van der Waals surface area contributed by atoms with Crippen molar-refractivity contribution < 1.29 is 0 Å². The second-order valence-corrected chi connectivity index (χ2v) is 3.75. The first-order valence-electron chi connectivity index (χ1n) is 2.98. The number of rotatable bonds is 2. The lowest BCUT2D eigenvalue weighted by Gasteiger charge is -1.77. The molecule has 1 aromatic heterocycles. The summed E-state index contributed by atoms with van der Waals surface area (Å²) in [6, 6.07) is 0. The third kappa shape index (κ3) is 2.23. The number of alkyl halides is 1. The second kappa shape index (κ2) is 3.88. The van der Waals surface area contributed by atoms with Gasteiger partial charge >= 0.3 is 0 Å². The van der Waals surface area contributed by atoms with E-state index >= 15 is 0 Å². The summed E-state index contributed by atoms with van der Waals surface area (Å²) in [6.07, 6.45) is 6.02. The molecule has 0 atom stereocenters. The Morgan fingerprint density at radius 1 is 1.80 bits per heavy atom. The Morgan fingerprint density at radius 3 is 3.10 bits per heavy atom. The van der Waals surface area contributed by atoms with Crippen LogP contribution < -0.4 is 0 Å². The molecule has 1 nitrogen and oxygen atoms in total. The first-order chi connectivity index (χ1) is 4.83. The second-order valence-electron chi connectivity index (χ2n) is 1.84. The zero-order valence-corrected chi connectivity index (χ0v) is 8.08. The number of thiazole rings is 1. The molecule has 0 aromatic carbocycles. The summed E-state index contributed by atoms with van der Waals surface area (Å²) >= 11 is 5.02. The standard InChI is InChI=1S/C7H8BrNS/c1-6-9-5-7(10-6)3-2-4-8/h2-3,5H,4H2,1H3. The van der Waals surface area contributed by atoms with Crippen molar-refractivity contribution in [1.82, 2.24) is 4.98 Å². The van der Waals surface area contributed by atoms with Crippen molar-refractivity contribution in [2.75, 3.05) is 5.33 Å². The highest BCUT2D eigenvalue weighted by Crippen LogP contribution is 2.12. The minimum absolute atomic E-state index is 0.907. The summed E-state index contributed by atoms with van der Waals surface area (Å²) in [5.41, 5.74) is 0. The third-order valence-electron chi connectivity index (χ3n) is 1.01.